The number of Topliss-reactive ketones (excluding diaryl/α,β-unsaturated/α-hetero) is 1. The smallest absolute Gasteiger partial charge is 0.165 e. The van der Waals surface area contributed by atoms with Gasteiger partial charge in [0, 0.05) is 28.8 Å². The fraction of sp³-hybridized carbons (Fsp3) is 0.211. The third-order valence-corrected chi connectivity index (χ3v) is 4.40. The van der Waals surface area contributed by atoms with Crippen LogP contribution in [0.15, 0.2) is 48.5 Å². The molecule has 0 saturated heterocycles. The summed E-state index contributed by atoms with van der Waals surface area (Å²) in [5, 5.41) is 1.07. The van der Waals surface area contributed by atoms with Crippen molar-refractivity contribution in [2.75, 3.05) is 7.11 Å². The largest absolute Gasteiger partial charge is 0.497 e. The van der Waals surface area contributed by atoms with Crippen LogP contribution in [0.5, 0.6) is 5.75 Å². The van der Waals surface area contributed by atoms with E-state index in [1.165, 1.54) is 0 Å². The van der Waals surface area contributed by atoms with Gasteiger partial charge in [0.05, 0.1) is 12.6 Å². The molecule has 0 amide bonds. The molecule has 2 aromatic carbocycles. The van der Waals surface area contributed by atoms with E-state index in [1.54, 1.807) is 7.11 Å². The number of ether oxygens (including phenoxy) is 1. The lowest BCUT2D eigenvalue weighted by Gasteiger charge is -2.15. The molecule has 0 fully saturated rings. The van der Waals surface area contributed by atoms with Crippen LogP contribution in [0.4, 0.5) is 0 Å². The molecule has 0 radical (unpaired) electrons. The van der Waals surface area contributed by atoms with E-state index in [4.69, 9.17) is 4.74 Å². The second-order valence-corrected chi connectivity index (χ2v) is 5.65. The van der Waals surface area contributed by atoms with Crippen LogP contribution < -0.4 is 4.74 Å². The third kappa shape index (κ3) is 1.86. The van der Waals surface area contributed by atoms with Gasteiger partial charge in [-0.2, -0.15) is 0 Å². The molecule has 1 aliphatic rings. The molecule has 1 heterocycles. The lowest BCUT2D eigenvalue weighted by Crippen LogP contribution is -2.12. The summed E-state index contributed by atoms with van der Waals surface area (Å²) in [7, 11) is 1.67. The molecule has 3 heteroatoms. The van der Waals surface area contributed by atoms with Crippen molar-refractivity contribution < 1.29 is 9.53 Å². The molecular weight excluding hydrogens is 274 g/mol. The number of fused-ring (bicyclic) bond motifs is 3. The maximum Gasteiger partial charge on any atom is 0.165 e. The average molecular weight is 291 g/mol. The maximum absolute atomic E-state index is 12.4. The van der Waals surface area contributed by atoms with E-state index in [0.717, 1.165) is 46.4 Å². The van der Waals surface area contributed by atoms with Crippen molar-refractivity contribution in [1.29, 1.82) is 0 Å². The highest BCUT2D eigenvalue weighted by Crippen LogP contribution is 2.34. The summed E-state index contributed by atoms with van der Waals surface area (Å²) in [6.45, 7) is 0. The van der Waals surface area contributed by atoms with Crippen LogP contribution in [-0.2, 0) is 6.42 Å². The number of carbonyl (C=O) groups excluding carboxylic acids is 1. The molecule has 0 N–H and O–H groups in total. The zero-order valence-corrected chi connectivity index (χ0v) is 12.5. The first kappa shape index (κ1) is 13.1. The molecule has 0 aliphatic heterocycles. The molecule has 22 heavy (non-hydrogen) atoms. The molecule has 0 unspecified atom stereocenters. The molecule has 0 bridgehead atoms. The van der Waals surface area contributed by atoms with Gasteiger partial charge >= 0.3 is 0 Å². The molecule has 110 valence electrons. The number of benzene rings is 2. The number of nitrogens with zero attached hydrogens (tertiary/aromatic N) is 1. The van der Waals surface area contributed by atoms with Crippen LogP contribution in [0, 0.1) is 0 Å². The summed E-state index contributed by atoms with van der Waals surface area (Å²) in [5.41, 5.74) is 4.24. The van der Waals surface area contributed by atoms with Crippen LogP contribution >= 0.6 is 0 Å². The molecular formula is C19H17NO2. The Bertz CT molecular complexity index is 859. The third-order valence-electron chi connectivity index (χ3n) is 4.40. The fourth-order valence-electron chi connectivity index (χ4n) is 3.41. The Balaban J connectivity index is 2.02. The number of rotatable bonds is 2. The van der Waals surface area contributed by atoms with E-state index in [0.29, 0.717) is 6.42 Å². The summed E-state index contributed by atoms with van der Waals surface area (Å²) in [6, 6.07) is 16.2. The summed E-state index contributed by atoms with van der Waals surface area (Å²) in [5.74, 6) is 1.11. The quantitative estimate of drug-likeness (QED) is 0.710. The van der Waals surface area contributed by atoms with Crippen molar-refractivity contribution in [3.05, 3.63) is 59.8 Å². The highest BCUT2D eigenvalue weighted by molar-refractivity contribution is 6.10. The topological polar surface area (TPSA) is 31.2 Å². The zero-order valence-electron chi connectivity index (χ0n) is 12.5. The first-order chi connectivity index (χ1) is 10.8. The van der Waals surface area contributed by atoms with Crippen molar-refractivity contribution in [1.82, 2.24) is 4.57 Å². The average Bonchev–Trinajstić information content (AvgIpc) is 2.90. The molecule has 4 rings (SSSR count). The van der Waals surface area contributed by atoms with Gasteiger partial charge in [0.25, 0.3) is 0 Å². The molecule has 1 aromatic heterocycles. The number of hydrogen-bond donors (Lipinski definition) is 0. The van der Waals surface area contributed by atoms with Gasteiger partial charge in [-0.25, -0.2) is 0 Å². The second kappa shape index (κ2) is 5.02. The lowest BCUT2D eigenvalue weighted by atomic mass is 9.94. The van der Waals surface area contributed by atoms with Gasteiger partial charge in [-0.1, -0.05) is 18.2 Å². The predicted molar refractivity (Wildman–Crippen MR) is 87.1 cm³/mol. The van der Waals surface area contributed by atoms with Crippen LogP contribution in [0.3, 0.4) is 0 Å². The molecule has 1 aliphatic carbocycles. The van der Waals surface area contributed by atoms with Crippen molar-refractivity contribution in [3.8, 4) is 11.4 Å². The molecule has 0 atom stereocenters. The van der Waals surface area contributed by atoms with Gasteiger partial charge in [-0.3, -0.25) is 4.79 Å². The van der Waals surface area contributed by atoms with Gasteiger partial charge in [0.1, 0.15) is 5.75 Å². The second-order valence-electron chi connectivity index (χ2n) is 5.65. The van der Waals surface area contributed by atoms with E-state index < -0.39 is 0 Å². The highest BCUT2D eigenvalue weighted by atomic mass is 16.5. The van der Waals surface area contributed by atoms with E-state index in [-0.39, 0.29) is 5.78 Å². The van der Waals surface area contributed by atoms with Gasteiger partial charge in [0.2, 0.25) is 0 Å². The molecule has 0 spiro atoms. The lowest BCUT2D eigenvalue weighted by molar-refractivity contribution is 0.0973. The maximum atomic E-state index is 12.4. The van der Waals surface area contributed by atoms with Crippen LogP contribution in [0.1, 0.15) is 28.9 Å². The Kier molecular flexibility index (Phi) is 3.00. The zero-order chi connectivity index (χ0) is 15.1. The van der Waals surface area contributed by atoms with Crippen molar-refractivity contribution in [2.45, 2.75) is 19.3 Å². The summed E-state index contributed by atoms with van der Waals surface area (Å²) in [6.07, 6.45) is 2.53. The van der Waals surface area contributed by atoms with Crippen LogP contribution in [0.2, 0.25) is 0 Å². The normalized spacial score (nSPS) is 14.1. The monoisotopic (exact) mass is 291 g/mol. The standard InChI is InChI=1S/C19H17NO2/c1-22-14-11-9-13(10-12-14)20-16-6-3-2-5-15(16)19-17(20)7-4-8-18(19)21/h2-3,5-6,9-12H,4,7-8H2,1H3. The Morgan fingerprint density at radius 2 is 1.77 bits per heavy atom. The predicted octanol–water partition coefficient (Wildman–Crippen LogP) is 4.16. The fourth-order valence-corrected chi connectivity index (χ4v) is 3.41. The SMILES string of the molecule is COc1ccc(-n2c3c(c4ccccc42)C(=O)CCC3)cc1. The van der Waals surface area contributed by atoms with Crippen LogP contribution in [-0.4, -0.2) is 17.5 Å². The van der Waals surface area contributed by atoms with Crippen molar-refractivity contribution in [3.63, 3.8) is 0 Å². The number of ketones is 1. The van der Waals surface area contributed by atoms with Gasteiger partial charge in [0.15, 0.2) is 5.78 Å². The van der Waals surface area contributed by atoms with E-state index >= 15 is 0 Å². The van der Waals surface area contributed by atoms with Gasteiger partial charge < -0.3 is 9.30 Å². The number of para-hydroxylation sites is 1. The summed E-state index contributed by atoms with van der Waals surface area (Å²) in [4.78, 5) is 12.4. The van der Waals surface area contributed by atoms with Gasteiger partial charge in [-0.05, 0) is 43.2 Å². The molecule has 3 aromatic rings. The van der Waals surface area contributed by atoms with E-state index in [9.17, 15) is 4.79 Å². The molecule has 0 saturated carbocycles. The minimum atomic E-state index is 0.268. The first-order valence-electron chi connectivity index (χ1n) is 7.59. The number of hydrogen-bond acceptors (Lipinski definition) is 2. The van der Waals surface area contributed by atoms with Crippen molar-refractivity contribution >= 4 is 16.7 Å². The Hall–Kier alpha value is -2.55. The highest BCUT2D eigenvalue weighted by Gasteiger charge is 2.25. The molecule has 3 nitrogen and oxygen atoms in total. The number of carbonyl (C=O) groups is 1. The number of methoxy groups -OCH3 is 1. The minimum absolute atomic E-state index is 0.268. The summed E-state index contributed by atoms with van der Waals surface area (Å²) >= 11 is 0. The first-order valence-corrected chi connectivity index (χ1v) is 7.59. The minimum Gasteiger partial charge on any atom is -0.497 e. The Labute approximate surface area is 129 Å². The van der Waals surface area contributed by atoms with Crippen molar-refractivity contribution in [2.24, 2.45) is 0 Å². The van der Waals surface area contributed by atoms with Crippen LogP contribution in [0.25, 0.3) is 16.6 Å². The summed E-state index contributed by atoms with van der Waals surface area (Å²) < 4.78 is 7.46. The van der Waals surface area contributed by atoms with Gasteiger partial charge in [-0.15, -0.1) is 0 Å². The Morgan fingerprint density at radius 1 is 1.00 bits per heavy atom. The number of aromatic nitrogens is 1. The van der Waals surface area contributed by atoms with E-state index in [1.807, 2.05) is 36.4 Å². The van der Waals surface area contributed by atoms with E-state index in [2.05, 4.69) is 16.7 Å². The Morgan fingerprint density at radius 3 is 2.55 bits per heavy atom.